The van der Waals surface area contributed by atoms with Crippen molar-refractivity contribution in [3.8, 4) is 0 Å². The maximum absolute atomic E-state index is 8.70. The van der Waals surface area contributed by atoms with E-state index in [0.29, 0.717) is 25.9 Å². The molecule has 0 bridgehead atoms. The lowest BCUT2D eigenvalue weighted by Gasteiger charge is -2.10. The molecule has 1 aromatic carbocycles. The highest BCUT2D eigenvalue weighted by atomic mass is 16.7. The van der Waals surface area contributed by atoms with Crippen LogP contribution in [0, 0.1) is 5.92 Å². The predicted octanol–water partition coefficient (Wildman–Crippen LogP) is 2.20. The Morgan fingerprint density at radius 2 is 1.94 bits per heavy atom. The number of aliphatic hydroxyl groups excluding tert-OH is 1. The van der Waals surface area contributed by atoms with Crippen LogP contribution in [-0.2, 0) is 16.1 Å². The van der Waals surface area contributed by atoms with Crippen molar-refractivity contribution in [1.82, 2.24) is 0 Å². The average Bonchev–Trinajstić information content (AvgIpc) is 2.30. The Bertz CT molecular complexity index is 261. The van der Waals surface area contributed by atoms with Crippen LogP contribution in [0.15, 0.2) is 30.3 Å². The van der Waals surface area contributed by atoms with E-state index in [-0.39, 0.29) is 6.61 Å². The molecule has 0 unspecified atom stereocenters. The van der Waals surface area contributed by atoms with Crippen molar-refractivity contribution < 1.29 is 14.6 Å². The largest absolute Gasteiger partial charge is 0.396 e. The molecule has 0 spiro atoms. The molecule has 0 aromatic heterocycles. The molecule has 1 N–H and O–H groups in total. The van der Waals surface area contributed by atoms with E-state index in [4.69, 9.17) is 14.6 Å². The molecule has 1 rings (SSSR count). The zero-order valence-corrected chi connectivity index (χ0v) is 9.76. The van der Waals surface area contributed by atoms with Crippen molar-refractivity contribution in [2.45, 2.75) is 20.0 Å². The summed E-state index contributed by atoms with van der Waals surface area (Å²) in [6.45, 7) is 3.79. The lowest BCUT2D eigenvalue weighted by molar-refractivity contribution is -0.0715. The molecule has 0 heterocycles. The van der Waals surface area contributed by atoms with Crippen LogP contribution in [0.5, 0.6) is 0 Å². The second-order valence-electron chi connectivity index (χ2n) is 3.94. The zero-order chi connectivity index (χ0) is 11.6. The smallest absolute Gasteiger partial charge is 0.147 e. The Kier molecular flexibility index (Phi) is 6.81. The quantitative estimate of drug-likeness (QED) is 0.543. The molecule has 3 heteroatoms. The standard InChI is InChI=1S/C13H20O3/c1-12(7-8-14)9-15-11-16-10-13-5-3-2-4-6-13/h2-6,12,14H,7-11H2,1H3/t12-/m1/s1. The molecule has 90 valence electrons. The predicted molar refractivity (Wildman–Crippen MR) is 62.9 cm³/mol. The third kappa shape index (κ3) is 5.85. The zero-order valence-electron chi connectivity index (χ0n) is 9.76. The molecule has 1 atom stereocenters. The fourth-order valence-corrected chi connectivity index (χ4v) is 1.35. The lowest BCUT2D eigenvalue weighted by Crippen LogP contribution is -2.10. The Morgan fingerprint density at radius 1 is 1.19 bits per heavy atom. The molecule has 0 amide bonds. The van der Waals surface area contributed by atoms with Gasteiger partial charge in [0.15, 0.2) is 0 Å². The Morgan fingerprint density at radius 3 is 2.62 bits per heavy atom. The normalized spacial score (nSPS) is 12.6. The van der Waals surface area contributed by atoms with Crippen LogP contribution in [0.2, 0.25) is 0 Å². The topological polar surface area (TPSA) is 38.7 Å². The lowest BCUT2D eigenvalue weighted by atomic mass is 10.1. The van der Waals surface area contributed by atoms with Gasteiger partial charge in [0.05, 0.1) is 13.2 Å². The molecular formula is C13H20O3. The van der Waals surface area contributed by atoms with Gasteiger partial charge in [-0.2, -0.15) is 0 Å². The van der Waals surface area contributed by atoms with Crippen LogP contribution < -0.4 is 0 Å². The number of hydrogen-bond acceptors (Lipinski definition) is 3. The van der Waals surface area contributed by atoms with Crippen molar-refractivity contribution in [2.75, 3.05) is 20.0 Å². The van der Waals surface area contributed by atoms with E-state index in [1.165, 1.54) is 0 Å². The van der Waals surface area contributed by atoms with Gasteiger partial charge in [-0.05, 0) is 17.9 Å². The Hall–Kier alpha value is -0.900. The molecule has 0 saturated carbocycles. The summed E-state index contributed by atoms with van der Waals surface area (Å²) in [7, 11) is 0. The van der Waals surface area contributed by atoms with Gasteiger partial charge >= 0.3 is 0 Å². The minimum Gasteiger partial charge on any atom is -0.396 e. The second kappa shape index (κ2) is 8.28. The van der Waals surface area contributed by atoms with Gasteiger partial charge in [0, 0.05) is 6.61 Å². The van der Waals surface area contributed by atoms with E-state index in [0.717, 1.165) is 12.0 Å². The fraction of sp³-hybridized carbons (Fsp3) is 0.538. The summed E-state index contributed by atoms with van der Waals surface area (Å²) in [6, 6.07) is 10.0. The highest BCUT2D eigenvalue weighted by molar-refractivity contribution is 5.13. The van der Waals surface area contributed by atoms with Crippen molar-refractivity contribution in [3.63, 3.8) is 0 Å². The highest BCUT2D eigenvalue weighted by Crippen LogP contribution is 2.03. The molecule has 0 radical (unpaired) electrons. The fourth-order valence-electron chi connectivity index (χ4n) is 1.35. The van der Waals surface area contributed by atoms with Crippen LogP contribution in [0.3, 0.4) is 0 Å². The summed E-state index contributed by atoms with van der Waals surface area (Å²) in [5, 5.41) is 8.70. The number of rotatable bonds is 8. The summed E-state index contributed by atoms with van der Waals surface area (Å²) >= 11 is 0. The van der Waals surface area contributed by atoms with E-state index < -0.39 is 0 Å². The number of benzene rings is 1. The van der Waals surface area contributed by atoms with E-state index in [1.54, 1.807) is 0 Å². The van der Waals surface area contributed by atoms with Crippen LogP contribution in [0.1, 0.15) is 18.9 Å². The molecule has 0 fully saturated rings. The summed E-state index contributed by atoms with van der Waals surface area (Å²) in [5.41, 5.74) is 1.15. The minimum absolute atomic E-state index is 0.218. The summed E-state index contributed by atoms with van der Waals surface area (Å²) < 4.78 is 10.7. The highest BCUT2D eigenvalue weighted by Gasteiger charge is 2.00. The van der Waals surface area contributed by atoms with Gasteiger partial charge in [-0.1, -0.05) is 37.3 Å². The third-order valence-corrected chi connectivity index (χ3v) is 2.30. The van der Waals surface area contributed by atoms with Crippen molar-refractivity contribution in [3.05, 3.63) is 35.9 Å². The van der Waals surface area contributed by atoms with Crippen LogP contribution in [0.4, 0.5) is 0 Å². The van der Waals surface area contributed by atoms with Crippen LogP contribution >= 0.6 is 0 Å². The third-order valence-electron chi connectivity index (χ3n) is 2.30. The minimum atomic E-state index is 0.218. The average molecular weight is 224 g/mol. The van der Waals surface area contributed by atoms with Crippen LogP contribution in [0.25, 0.3) is 0 Å². The molecule has 0 aliphatic heterocycles. The summed E-state index contributed by atoms with van der Waals surface area (Å²) in [4.78, 5) is 0. The Balaban J connectivity index is 2.00. The van der Waals surface area contributed by atoms with E-state index in [2.05, 4.69) is 0 Å². The van der Waals surface area contributed by atoms with Gasteiger partial charge in [-0.3, -0.25) is 0 Å². The molecule has 0 aliphatic rings. The number of ether oxygens (including phenoxy) is 2. The number of hydrogen-bond donors (Lipinski definition) is 1. The van der Waals surface area contributed by atoms with Gasteiger partial charge < -0.3 is 14.6 Å². The second-order valence-corrected chi connectivity index (χ2v) is 3.94. The van der Waals surface area contributed by atoms with E-state index in [1.807, 2.05) is 37.3 Å². The van der Waals surface area contributed by atoms with Crippen molar-refractivity contribution in [2.24, 2.45) is 5.92 Å². The van der Waals surface area contributed by atoms with Crippen molar-refractivity contribution >= 4 is 0 Å². The first-order valence-corrected chi connectivity index (χ1v) is 5.63. The Labute approximate surface area is 97.0 Å². The van der Waals surface area contributed by atoms with Crippen LogP contribution in [-0.4, -0.2) is 25.1 Å². The molecule has 0 aliphatic carbocycles. The van der Waals surface area contributed by atoms with E-state index in [9.17, 15) is 0 Å². The first-order chi connectivity index (χ1) is 7.83. The summed E-state index contributed by atoms with van der Waals surface area (Å²) in [5.74, 6) is 0.380. The monoisotopic (exact) mass is 224 g/mol. The number of aliphatic hydroxyl groups is 1. The van der Waals surface area contributed by atoms with Crippen molar-refractivity contribution in [1.29, 1.82) is 0 Å². The van der Waals surface area contributed by atoms with Gasteiger partial charge in [0.2, 0.25) is 0 Å². The first kappa shape index (κ1) is 13.2. The molecule has 1 aromatic rings. The van der Waals surface area contributed by atoms with E-state index >= 15 is 0 Å². The summed E-state index contributed by atoms with van der Waals surface area (Å²) in [6.07, 6.45) is 0.776. The first-order valence-electron chi connectivity index (χ1n) is 5.63. The van der Waals surface area contributed by atoms with Gasteiger partial charge in [0.25, 0.3) is 0 Å². The maximum Gasteiger partial charge on any atom is 0.147 e. The molecule has 0 saturated heterocycles. The molecule has 16 heavy (non-hydrogen) atoms. The van der Waals surface area contributed by atoms with Gasteiger partial charge in [-0.15, -0.1) is 0 Å². The van der Waals surface area contributed by atoms with Gasteiger partial charge in [-0.25, -0.2) is 0 Å². The van der Waals surface area contributed by atoms with Gasteiger partial charge in [0.1, 0.15) is 6.79 Å². The maximum atomic E-state index is 8.70. The molecular weight excluding hydrogens is 204 g/mol. The SMILES string of the molecule is C[C@H](CCO)COCOCc1ccccc1. The molecule has 3 nitrogen and oxygen atoms in total.